The molecule has 2 nitrogen and oxygen atoms in total. The highest BCUT2D eigenvalue weighted by Crippen LogP contribution is 2.32. The third-order valence-corrected chi connectivity index (χ3v) is 3.73. The number of nitrogens with zero attached hydrogens (tertiary/aromatic N) is 1. The molecule has 1 aliphatic heterocycles. The summed E-state index contributed by atoms with van der Waals surface area (Å²) in [6.07, 6.45) is -2.37. The van der Waals surface area contributed by atoms with Crippen molar-refractivity contribution in [3.63, 3.8) is 0 Å². The summed E-state index contributed by atoms with van der Waals surface area (Å²) in [5.74, 6) is 0. The van der Waals surface area contributed by atoms with Gasteiger partial charge in [0.05, 0.1) is 6.04 Å². The number of hydrogen-bond acceptors (Lipinski definition) is 2. The fourth-order valence-electron chi connectivity index (χ4n) is 2.17. The lowest BCUT2D eigenvalue weighted by molar-refractivity contribution is 0.0178. The molecule has 0 unspecified atom stereocenters. The van der Waals surface area contributed by atoms with Crippen LogP contribution in [-0.4, -0.2) is 37.5 Å². The first-order valence-corrected chi connectivity index (χ1v) is 6.47. The summed E-state index contributed by atoms with van der Waals surface area (Å²) in [6.45, 7) is 2.87. The van der Waals surface area contributed by atoms with Gasteiger partial charge in [-0.1, -0.05) is 34.1 Å². The quantitative estimate of drug-likeness (QED) is 0.923. The Morgan fingerprint density at radius 1 is 1.18 bits per heavy atom. The maximum Gasteiger partial charge on any atom is 0.258 e. The average molecular weight is 305 g/mol. The number of alkyl halides is 2. The highest BCUT2D eigenvalue weighted by atomic mass is 79.9. The van der Waals surface area contributed by atoms with E-state index in [4.69, 9.17) is 0 Å². The minimum Gasteiger partial charge on any atom is -0.314 e. The lowest BCUT2D eigenvalue weighted by Gasteiger charge is -2.35. The molecule has 1 saturated heterocycles. The maximum atomic E-state index is 13.3. The second-order valence-corrected chi connectivity index (χ2v) is 4.94. The fourth-order valence-corrected chi connectivity index (χ4v) is 2.69. The van der Waals surface area contributed by atoms with Crippen LogP contribution in [0.4, 0.5) is 8.78 Å². The Morgan fingerprint density at radius 2 is 1.82 bits per heavy atom. The van der Waals surface area contributed by atoms with Gasteiger partial charge in [0.25, 0.3) is 6.43 Å². The van der Waals surface area contributed by atoms with E-state index >= 15 is 0 Å². The Balaban J connectivity index is 2.25. The largest absolute Gasteiger partial charge is 0.314 e. The Hall–Kier alpha value is -0.520. The summed E-state index contributed by atoms with van der Waals surface area (Å²) in [5.41, 5.74) is 0.671. The van der Waals surface area contributed by atoms with Gasteiger partial charge >= 0.3 is 0 Å². The monoisotopic (exact) mass is 304 g/mol. The SMILES string of the molecule is FC(F)[C@@H](c1ccccc1Br)N1CCNCC1. The molecule has 0 bridgehead atoms. The smallest absolute Gasteiger partial charge is 0.258 e. The molecule has 1 atom stereocenters. The van der Waals surface area contributed by atoms with E-state index in [1.165, 1.54) is 0 Å². The second kappa shape index (κ2) is 5.89. The van der Waals surface area contributed by atoms with Gasteiger partial charge in [-0.25, -0.2) is 8.78 Å². The fraction of sp³-hybridized carbons (Fsp3) is 0.500. The van der Waals surface area contributed by atoms with Crippen molar-refractivity contribution in [2.45, 2.75) is 12.5 Å². The van der Waals surface area contributed by atoms with Gasteiger partial charge in [0.2, 0.25) is 0 Å². The molecule has 0 aliphatic carbocycles. The summed E-state index contributed by atoms with van der Waals surface area (Å²) < 4.78 is 27.3. The van der Waals surface area contributed by atoms with Gasteiger partial charge in [-0.05, 0) is 11.6 Å². The number of piperazine rings is 1. The molecule has 2 rings (SSSR count). The van der Waals surface area contributed by atoms with Crippen LogP contribution < -0.4 is 5.32 Å². The molecule has 0 radical (unpaired) electrons. The summed E-state index contributed by atoms with van der Waals surface area (Å²) in [5, 5.41) is 3.18. The molecule has 5 heteroatoms. The molecular formula is C12H15BrF2N2. The molecule has 0 spiro atoms. The Morgan fingerprint density at radius 3 is 2.41 bits per heavy atom. The van der Waals surface area contributed by atoms with Crippen molar-refractivity contribution in [2.24, 2.45) is 0 Å². The zero-order chi connectivity index (χ0) is 12.3. The van der Waals surface area contributed by atoms with Gasteiger partial charge in [0, 0.05) is 30.7 Å². The zero-order valence-corrected chi connectivity index (χ0v) is 11.0. The highest BCUT2D eigenvalue weighted by Gasteiger charge is 2.31. The van der Waals surface area contributed by atoms with Crippen molar-refractivity contribution < 1.29 is 8.78 Å². The predicted octanol–water partition coefficient (Wildman–Crippen LogP) is 2.66. The van der Waals surface area contributed by atoms with Crippen LogP contribution in [0.15, 0.2) is 28.7 Å². The molecule has 0 amide bonds. The molecule has 1 aromatic carbocycles. The first kappa shape index (κ1) is 12.9. The molecule has 1 heterocycles. The van der Waals surface area contributed by atoms with Gasteiger partial charge in [0.15, 0.2) is 0 Å². The number of rotatable bonds is 3. The van der Waals surface area contributed by atoms with Crippen molar-refractivity contribution in [3.8, 4) is 0 Å². The second-order valence-electron chi connectivity index (χ2n) is 4.09. The minimum absolute atomic E-state index is 0.663. The van der Waals surface area contributed by atoms with Crippen LogP contribution in [0, 0.1) is 0 Å². The molecule has 0 saturated carbocycles. The molecule has 1 N–H and O–H groups in total. The Labute approximate surface area is 108 Å². The topological polar surface area (TPSA) is 15.3 Å². The highest BCUT2D eigenvalue weighted by molar-refractivity contribution is 9.10. The van der Waals surface area contributed by atoms with Crippen molar-refractivity contribution in [2.75, 3.05) is 26.2 Å². The van der Waals surface area contributed by atoms with Crippen LogP contribution in [0.1, 0.15) is 11.6 Å². The number of benzene rings is 1. The summed E-state index contributed by atoms with van der Waals surface area (Å²) in [7, 11) is 0. The van der Waals surface area contributed by atoms with Crippen molar-refractivity contribution in [1.29, 1.82) is 0 Å². The normalized spacial score (nSPS) is 19.5. The zero-order valence-electron chi connectivity index (χ0n) is 9.37. The molecule has 94 valence electrons. The Bertz CT molecular complexity index is 367. The van der Waals surface area contributed by atoms with Gasteiger partial charge in [-0.15, -0.1) is 0 Å². The third kappa shape index (κ3) is 3.03. The van der Waals surface area contributed by atoms with E-state index in [1.54, 1.807) is 12.1 Å². The number of nitrogens with one attached hydrogen (secondary N) is 1. The standard InChI is InChI=1S/C12H15BrF2N2/c13-10-4-2-1-3-9(10)11(12(14)15)17-7-5-16-6-8-17/h1-4,11-12,16H,5-8H2/t11-/m1/s1. The number of hydrogen-bond donors (Lipinski definition) is 1. The van der Waals surface area contributed by atoms with Gasteiger partial charge in [-0.2, -0.15) is 0 Å². The van der Waals surface area contributed by atoms with Crippen molar-refractivity contribution in [1.82, 2.24) is 10.2 Å². The van der Waals surface area contributed by atoms with Crippen LogP contribution >= 0.6 is 15.9 Å². The van der Waals surface area contributed by atoms with E-state index < -0.39 is 12.5 Å². The van der Waals surface area contributed by atoms with Crippen LogP contribution in [-0.2, 0) is 0 Å². The molecule has 17 heavy (non-hydrogen) atoms. The third-order valence-electron chi connectivity index (χ3n) is 3.01. The predicted molar refractivity (Wildman–Crippen MR) is 67.3 cm³/mol. The van der Waals surface area contributed by atoms with E-state index in [1.807, 2.05) is 17.0 Å². The summed E-state index contributed by atoms with van der Waals surface area (Å²) in [4.78, 5) is 1.85. The van der Waals surface area contributed by atoms with E-state index in [2.05, 4.69) is 21.2 Å². The number of halogens is 3. The van der Waals surface area contributed by atoms with Crippen LogP contribution in [0.2, 0.25) is 0 Å². The molecular weight excluding hydrogens is 290 g/mol. The lowest BCUT2D eigenvalue weighted by Crippen LogP contribution is -2.47. The van der Waals surface area contributed by atoms with Crippen molar-refractivity contribution >= 4 is 15.9 Å². The Kier molecular flexibility index (Phi) is 4.48. The summed E-state index contributed by atoms with van der Waals surface area (Å²) >= 11 is 3.36. The average Bonchev–Trinajstić information content (AvgIpc) is 2.33. The van der Waals surface area contributed by atoms with Crippen LogP contribution in [0.3, 0.4) is 0 Å². The first-order chi connectivity index (χ1) is 8.20. The van der Waals surface area contributed by atoms with E-state index in [0.29, 0.717) is 18.7 Å². The van der Waals surface area contributed by atoms with Gasteiger partial charge in [-0.3, -0.25) is 4.90 Å². The van der Waals surface area contributed by atoms with Gasteiger partial charge in [0.1, 0.15) is 0 Å². The van der Waals surface area contributed by atoms with Crippen LogP contribution in [0.5, 0.6) is 0 Å². The molecule has 1 aliphatic rings. The van der Waals surface area contributed by atoms with Gasteiger partial charge < -0.3 is 5.32 Å². The van der Waals surface area contributed by atoms with E-state index in [0.717, 1.165) is 17.6 Å². The molecule has 1 aromatic rings. The van der Waals surface area contributed by atoms with Crippen LogP contribution in [0.25, 0.3) is 0 Å². The molecule has 1 fully saturated rings. The lowest BCUT2D eigenvalue weighted by atomic mass is 10.1. The maximum absolute atomic E-state index is 13.3. The first-order valence-electron chi connectivity index (χ1n) is 5.67. The molecule has 0 aromatic heterocycles. The van der Waals surface area contributed by atoms with E-state index in [9.17, 15) is 8.78 Å². The van der Waals surface area contributed by atoms with Crippen molar-refractivity contribution in [3.05, 3.63) is 34.3 Å². The van der Waals surface area contributed by atoms with E-state index in [-0.39, 0.29) is 0 Å². The summed E-state index contributed by atoms with van der Waals surface area (Å²) in [6, 6.07) is 6.41. The minimum atomic E-state index is -2.37.